The van der Waals surface area contributed by atoms with Crippen molar-refractivity contribution in [1.82, 2.24) is 29.7 Å². The molecule has 2 aliphatic heterocycles. The van der Waals surface area contributed by atoms with Gasteiger partial charge >= 0.3 is 31.4 Å². The van der Waals surface area contributed by atoms with Gasteiger partial charge in [0.2, 0.25) is 11.8 Å². The minimum atomic E-state index is -4.65. The number of hydrogen-bond donors (Lipinski definition) is 4. The van der Waals surface area contributed by atoms with E-state index in [-0.39, 0.29) is 83.4 Å². The quantitative estimate of drug-likeness (QED) is 0.0452. The lowest BCUT2D eigenvalue weighted by Gasteiger charge is -2.37. The van der Waals surface area contributed by atoms with E-state index in [1.807, 2.05) is 66.7 Å². The molecule has 26 heteroatoms. The molecule has 10 aromatic rings. The van der Waals surface area contributed by atoms with Gasteiger partial charge in [0.15, 0.2) is 0 Å². The number of rotatable bonds is 14. The Morgan fingerprint density at radius 2 is 0.938 bits per heavy atom. The lowest BCUT2D eigenvalue weighted by atomic mass is 9.81. The first-order valence-corrected chi connectivity index (χ1v) is 31.4. The van der Waals surface area contributed by atoms with Crippen LogP contribution >= 0.6 is 11.6 Å². The van der Waals surface area contributed by atoms with Crippen LogP contribution in [0.25, 0.3) is 54.7 Å². The fourth-order valence-corrected chi connectivity index (χ4v) is 11.5. The summed E-state index contributed by atoms with van der Waals surface area (Å²) in [6.07, 6.45) is -2.65. The Morgan fingerprint density at radius 3 is 1.40 bits per heavy atom. The van der Waals surface area contributed by atoms with Crippen molar-refractivity contribution in [2.45, 2.75) is 52.9 Å². The van der Waals surface area contributed by atoms with E-state index in [9.17, 15) is 45.5 Å². The zero-order chi connectivity index (χ0) is 68.4. The first-order valence-electron chi connectivity index (χ1n) is 31.0. The number of aromatic nitrogens is 4. The fourth-order valence-electron chi connectivity index (χ4n) is 11.4. The van der Waals surface area contributed by atoms with Gasteiger partial charge in [0.05, 0.1) is 57.8 Å². The van der Waals surface area contributed by atoms with Crippen molar-refractivity contribution < 1.29 is 65.0 Å². The monoisotopic (exact) mass is 1330 g/mol. The van der Waals surface area contributed by atoms with E-state index >= 15 is 0 Å². The van der Waals surface area contributed by atoms with Crippen LogP contribution in [0.4, 0.5) is 60.5 Å². The Kier molecular flexibility index (Phi) is 21.6. The normalized spacial score (nSPS) is 13.4. The zero-order valence-corrected chi connectivity index (χ0v) is 53.4. The minimum Gasteiger partial charge on any atom is -0.462 e. The van der Waals surface area contributed by atoms with Gasteiger partial charge in [-0.15, -0.1) is 0 Å². The molecule has 2 amide bonds. The number of nitrogens with one attached hydrogen (secondary N) is 2. The molecule has 4 N–H and O–H groups in total. The molecule has 2 aliphatic rings. The van der Waals surface area contributed by atoms with Crippen molar-refractivity contribution in [3.8, 4) is 11.1 Å². The summed E-state index contributed by atoms with van der Waals surface area (Å²) in [5, 5.41) is 27.1. The summed E-state index contributed by atoms with van der Waals surface area (Å²) in [5.74, 6) is -1.34. The fraction of sp³-hybridized carbons (Fsp3) is 0.257. The number of esters is 2. The van der Waals surface area contributed by atoms with Gasteiger partial charge in [-0.2, -0.15) is 26.3 Å². The summed E-state index contributed by atoms with van der Waals surface area (Å²) < 4.78 is 96.4. The van der Waals surface area contributed by atoms with Gasteiger partial charge in [-0.1, -0.05) is 74.0 Å². The largest absolute Gasteiger partial charge is 0.490 e. The number of piperazine rings is 2. The van der Waals surface area contributed by atoms with Crippen LogP contribution in [0.2, 0.25) is 5.02 Å². The van der Waals surface area contributed by atoms with Crippen molar-refractivity contribution in [3.05, 3.63) is 186 Å². The molecule has 96 heavy (non-hydrogen) atoms. The second-order valence-corrected chi connectivity index (χ2v) is 22.8. The second kappa shape index (κ2) is 30.1. The van der Waals surface area contributed by atoms with Gasteiger partial charge in [-0.05, 0) is 110 Å². The van der Waals surface area contributed by atoms with Gasteiger partial charge in [0, 0.05) is 145 Å². The van der Waals surface area contributed by atoms with Crippen LogP contribution in [0.1, 0.15) is 72.4 Å². The predicted molar refractivity (Wildman–Crippen MR) is 360 cm³/mol. The zero-order valence-electron chi connectivity index (χ0n) is 52.6. The average Bonchev–Trinajstić information content (AvgIpc) is 0.782. The first-order chi connectivity index (χ1) is 46.0. The summed E-state index contributed by atoms with van der Waals surface area (Å²) in [7, 11) is -1.45. The molecule has 6 heterocycles. The Balaban J connectivity index is 0.000000178. The highest BCUT2D eigenvalue weighted by Gasteiger charge is 2.38. The summed E-state index contributed by atoms with van der Waals surface area (Å²) in [6.45, 7) is 9.68. The third-order valence-corrected chi connectivity index (χ3v) is 16.5. The lowest BCUT2D eigenvalue weighted by Crippen LogP contribution is -2.49. The van der Waals surface area contributed by atoms with E-state index in [0.29, 0.717) is 84.4 Å². The molecule has 6 aromatic carbocycles. The SMILES string of the molecule is CCOC(=O)c1cnc2ccc(-c3cnc4ccccc4c3)cc2c1Nc1ccc(N2CCN(C(=O)CC)CC2)c(C(F)(F)F)c1.CCOC(=O)c1cnc2ccc(Cl)cc2c1Nc1ccc(N2CCN(C(=O)CC)CC2)c(C(F)(F)F)c1.OB(O)c1cnc2ccccc2c1. The summed E-state index contributed by atoms with van der Waals surface area (Å²) in [4.78, 5) is 73.7. The molecule has 4 aromatic heterocycles. The number of carbonyl (C=O) groups is 4. The molecule has 0 radical (unpaired) electrons. The van der Waals surface area contributed by atoms with Gasteiger partial charge in [-0.25, -0.2) is 9.59 Å². The molecule has 496 valence electrons. The molecule has 0 spiro atoms. The van der Waals surface area contributed by atoms with Gasteiger partial charge < -0.3 is 49.8 Å². The van der Waals surface area contributed by atoms with Crippen LogP contribution in [0.3, 0.4) is 0 Å². The summed E-state index contributed by atoms with van der Waals surface area (Å²) in [5.41, 5.74) is 4.22. The number of pyridine rings is 4. The molecule has 0 saturated carbocycles. The smallest absolute Gasteiger partial charge is 0.462 e. The van der Waals surface area contributed by atoms with Crippen molar-refractivity contribution in [2.24, 2.45) is 0 Å². The second-order valence-electron chi connectivity index (χ2n) is 22.3. The number of para-hydroxylation sites is 2. The number of hydrogen-bond acceptors (Lipinski definition) is 16. The van der Waals surface area contributed by atoms with Crippen LogP contribution in [0.15, 0.2) is 158 Å². The third kappa shape index (κ3) is 16.0. The maximum absolute atomic E-state index is 14.5. The highest BCUT2D eigenvalue weighted by atomic mass is 35.5. The van der Waals surface area contributed by atoms with Crippen molar-refractivity contribution in [3.63, 3.8) is 0 Å². The summed E-state index contributed by atoms with van der Waals surface area (Å²) >= 11 is 6.17. The first kappa shape index (κ1) is 68.7. The van der Waals surface area contributed by atoms with Gasteiger partial charge in [0.25, 0.3) is 0 Å². The number of fused-ring (bicyclic) bond motifs is 4. The number of halogens is 7. The number of carbonyl (C=O) groups excluding carboxylic acids is 4. The van der Waals surface area contributed by atoms with Crippen molar-refractivity contribution >= 4 is 126 Å². The topological polar surface area (TPSA) is 216 Å². The van der Waals surface area contributed by atoms with E-state index in [4.69, 9.17) is 31.1 Å². The standard InChI is InChI=1S/C35H32F3N5O3.C26H26ClF3N4O3.C9H8BNO2/c1-3-32(44)43-15-13-42(14-16-43)31-12-10-25(19-28(31)35(36,37)38)41-33-26-18-22(24-17-23-7-5-6-8-29(23)39-20-24)9-11-30(26)40-21-27(33)34(45)46-4-2;1-3-23(35)34-11-9-33(10-12-34)22-8-6-17(14-20(22)26(28,29)30)32-24-18-13-16(27)5-7-21(18)31-15-19(24)25(36)37-4-2;12-10(13)8-5-7-3-1-2-4-9(7)11-6-8/h5-12,17-21H,3-4,13-16H2,1-2H3,(H,40,41);5-8,13-15H,3-4,9-12H2,1-2H3,(H,31,32);1-6,12-13H. The number of amides is 2. The van der Waals surface area contributed by atoms with Gasteiger partial charge in [-0.3, -0.25) is 29.5 Å². The number of alkyl halides is 6. The number of ether oxygens (including phenoxy) is 2. The number of anilines is 6. The van der Waals surface area contributed by atoms with Crippen LogP contribution in [0, 0.1) is 0 Å². The Hall–Kier alpha value is -10.1. The highest BCUT2D eigenvalue weighted by Crippen LogP contribution is 2.43. The Morgan fingerprint density at radius 1 is 0.500 bits per heavy atom. The minimum absolute atomic E-state index is 0.0164. The molecule has 2 saturated heterocycles. The average molecular weight is 1340 g/mol. The number of benzene rings is 6. The molecule has 2 fully saturated rings. The lowest BCUT2D eigenvalue weighted by molar-refractivity contribution is -0.138. The Labute approximate surface area is 553 Å². The predicted octanol–water partition coefficient (Wildman–Crippen LogP) is 13.2. The molecular weight excluding hydrogens is 1270 g/mol. The number of nitrogens with zero attached hydrogens (tertiary/aromatic N) is 8. The maximum Gasteiger partial charge on any atom is 0.490 e. The molecule has 18 nitrogen and oxygen atoms in total. The molecule has 0 aliphatic carbocycles. The highest BCUT2D eigenvalue weighted by molar-refractivity contribution is 6.58. The van der Waals surface area contributed by atoms with E-state index in [1.165, 1.54) is 36.8 Å². The van der Waals surface area contributed by atoms with E-state index in [0.717, 1.165) is 45.1 Å². The molecule has 0 atom stereocenters. The summed E-state index contributed by atoms with van der Waals surface area (Å²) in [6, 6.07) is 37.4. The van der Waals surface area contributed by atoms with E-state index in [1.54, 1.807) is 89.9 Å². The maximum atomic E-state index is 14.5. The van der Waals surface area contributed by atoms with Crippen molar-refractivity contribution in [2.75, 3.05) is 86.0 Å². The molecule has 0 bridgehead atoms. The van der Waals surface area contributed by atoms with Crippen LogP contribution in [-0.4, -0.2) is 136 Å². The van der Waals surface area contributed by atoms with Crippen LogP contribution < -0.4 is 25.9 Å². The van der Waals surface area contributed by atoms with E-state index < -0.39 is 42.5 Å². The van der Waals surface area contributed by atoms with Crippen LogP contribution in [-0.2, 0) is 31.4 Å². The third-order valence-electron chi connectivity index (χ3n) is 16.2. The molecule has 0 unspecified atom stereocenters. The Bertz CT molecular complexity index is 4510. The van der Waals surface area contributed by atoms with Crippen molar-refractivity contribution in [1.29, 1.82) is 0 Å². The van der Waals surface area contributed by atoms with E-state index in [2.05, 4.69) is 30.6 Å². The van der Waals surface area contributed by atoms with Gasteiger partial charge in [0.1, 0.15) is 11.1 Å². The molecular formula is C70H66BClF6N10O8. The van der Waals surface area contributed by atoms with Crippen LogP contribution in [0.5, 0.6) is 0 Å². The molecule has 12 rings (SSSR count).